The van der Waals surface area contributed by atoms with Gasteiger partial charge in [0, 0.05) is 18.0 Å². The molecule has 0 saturated carbocycles. The van der Waals surface area contributed by atoms with Crippen LogP contribution in [0, 0.1) is 20.8 Å². The highest BCUT2D eigenvalue weighted by molar-refractivity contribution is 7.90. The third kappa shape index (κ3) is 5.28. The first kappa shape index (κ1) is 23.8. The number of aryl methyl sites for hydroxylation is 3. The number of aromatic nitrogens is 3. The largest absolute Gasteiger partial charge is 0.438 e. The molecular weight excluding hydrogens is 466 g/mol. The van der Waals surface area contributed by atoms with E-state index >= 15 is 0 Å². The number of benzene rings is 2. The number of amides is 1. The third-order valence-corrected chi connectivity index (χ3v) is 6.44. The van der Waals surface area contributed by atoms with Crippen molar-refractivity contribution in [1.82, 2.24) is 19.7 Å². The van der Waals surface area contributed by atoms with Crippen LogP contribution in [0.1, 0.15) is 27.0 Å². The Bertz CT molecular complexity index is 1520. The molecule has 0 saturated heterocycles. The number of nitrogens with one attached hydrogen (secondary N) is 1. The number of carbonyl (C=O) groups excluding carboxylic acids is 1. The van der Waals surface area contributed by atoms with Crippen LogP contribution in [0.4, 0.5) is 5.82 Å². The molecule has 10 heteroatoms. The summed E-state index contributed by atoms with van der Waals surface area (Å²) in [6.07, 6.45) is 2.42. The van der Waals surface area contributed by atoms with E-state index in [-0.39, 0.29) is 17.3 Å². The summed E-state index contributed by atoms with van der Waals surface area (Å²) in [4.78, 5) is 25.1. The van der Waals surface area contributed by atoms with Gasteiger partial charge in [-0.05, 0) is 44.5 Å². The van der Waals surface area contributed by atoms with Gasteiger partial charge in [0.2, 0.25) is 10.9 Å². The van der Waals surface area contributed by atoms with Crippen LogP contribution >= 0.6 is 0 Å². The van der Waals surface area contributed by atoms with Crippen LogP contribution in [0.15, 0.2) is 72.0 Å². The molecule has 0 spiro atoms. The van der Waals surface area contributed by atoms with Gasteiger partial charge in [-0.1, -0.05) is 47.5 Å². The van der Waals surface area contributed by atoms with Gasteiger partial charge in [-0.2, -0.15) is 8.42 Å². The minimum atomic E-state index is -4.39. The van der Waals surface area contributed by atoms with E-state index in [4.69, 9.17) is 10.5 Å². The SMILES string of the molecule is Cc1ccc(-c2ccc(C(=O)NS(=O)(=O)c3nccnc3N)c(Oc3ccc(C)cc3C)n2)cc1. The highest BCUT2D eigenvalue weighted by atomic mass is 32.2. The quantitative estimate of drug-likeness (QED) is 0.415. The summed E-state index contributed by atoms with van der Waals surface area (Å²) in [6, 6.07) is 16.3. The Morgan fingerprint density at radius 1 is 0.914 bits per heavy atom. The molecule has 2 aromatic heterocycles. The monoisotopic (exact) mass is 489 g/mol. The lowest BCUT2D eigenvalue weighted by atomic mass is 10.1. The molecule has 2 heterocycles. The first-order valence-electron chi connectivity index (χ1n) is 10.6. The molecule has 0 aliphatic rings. The molecular formula is C25H23N5O4S. The zero-order chi connectivity index (χ0) is 25.2. The number of nitrogens with zero attached hydrogens (tertiary/aromatic N) is 3. The Morgan fingerprint density at radius 3 is 2.29 bits per heavy atom. The standard InChI is InChI=1S/C25H23N5O4S/c1-15-4-7-18(8-5-15)20-10-9-19(24(29-20)34-21-11-6-16(2)14-17(21)3)23(31)30-35(32,33)25-22(26)27-12-13-28-25/h4-14H,1-3H3,(H2,26,27)(H,30,31). The lowest BCUT2D eigenvalue weighted by Gasteiger charge is -2.14. The van der Waals surface area contributed by atoms with Gasteiger partial charge in [0.15, 0.2) is 5.82 Å². The lowest BCUT2D eigenvalue weighted by molar-refractivity contribution is 0.0978. The maximum Gasteiger partial charge on any atom is 0.285 e. The number of sulfonamides is 1. The van der Waals surface area contributed by atoms with Crippen LogP contribution in [-0.2, 0) is 10.0 Å². The van der Waals surface area contributed by atoms with Gasteiger partial charge in [0.1, 0.15) is 11.3 Å². The molecule has 4 rings (SSSR count). The second kappa shape index (κ2) is 9.51. The molecule has 0 aliphatic heterocycles. The number of hydrogen-bond donors (Lipinski definition) is 2. The summed E-state index contributed by atoms with van der Waals surface area (Å²) >= 11 is 0. The number of nitrogens with two attached hydrogens (primary N) is 1. The van der Waals surface area contributed by atoms with E-state index in [0.29, 0.717) is 11.4 Å². The van der Waals surface area contributed by atoms with Crippen LogP contribution in [0.5, 0.6) is 11.6 Å². The average Bonchev–Trinajstić information content (AvgIpc) is 2.81. The van der Waals surface area contributed by atoms with Crippen molar-refractivity contribution in [1.29, 1.82) is 0 Å². The Hall–Kier alpha value is -4.31. The molecule has 2 aromatic carbocycles. The van der Waals surface area contributed by atoms with Crippen molar-refractivity contribution in [2.24, 2.45) is 0 Å². The molecule has 1 amide bonds. The number of rotatable bonds is 6. The summed E-state index contributed by atoms with van der Waals surface area (Å²) in [7, 11) is -4.39. The van der Waals surface area contributed by atoms with Crippen LogP contribution in [-0.4, -0.2) is 29.3 Å². The van der Waals surface area contributed by atoms with Gasteiger partial charge in [-0.25, -0.2) is 19.7 Å². The third-order valence-electron chi connectivity index (χ3n) is 5.16. The molecule has 3 N–H and O–H groups in total. The van der Waals surface area contributed by atoms with Crippen molar-refractivity contribution in [3.63, 3.8) is 0 Å². The number of ether oxygens (including phenoxy) is 1. The van der Waals surface area contributed by atoms with Crippen molar-refractivity contribution in [3.8, 4) is 22.9 Å². The number of hydrogen-bond acceptors (Lipinski definition) is 8. The first-order chi connectivity index (χ1) is 16.6. The Morgan fingerprint density at radius 2 is 1.60 bits per heavy atom. The zero-order valence-electron chi connectivity index (χ0n) is 19.3. The van der Waals surface area contributed by atoms with Gasteiger partial charge in [0.25, 0.3) is 15.9 Å². The Kier molecular flexibility index (Phi) is 6.48. The molecule has 0 fully saturated rings. The lowest BCUT2D eigenvalue weighted by Crippen LogP contribution is -2.32. The summed E-state index contributed by atoms with van der Waals surface area (Å²) < 4.78 is 33.5. The highest BCUT2D eigenvalue weighted by Gasteiger charge is 2.26. The fraction of sp³-hybridized carbons (Fsp3) is 0.120. The van der Waals surface area contributed by atoms with Crippen LogP contribution < -0.4 is 15.2 Å². The molecule has 0 aliphatic carbocycles. The second-order valence-electron chi connectivity index (χ2n) is 7.97. The molecule has 4 aromatic rings. The van der Waals surface area contributed by atoms with Crippen LogP contribution in [0.3, 0.4) is 0 Å². The number of pyridine rings is 1. The fourth-order valence-electron chi connectivity index (χ4n) is 3.36. The second-order valence-corrected chi connectivity index (χ2v) is 9.57. The van der Waals surface area contributed by atoms with E-state index in [1.165, 1.54) is 18.5 Å². The van der Waals surface area contributed by atoms with Gasteiger partial charge in [-0.15, -0.1) is 0 Å². The Balaban J connectivity index is 1.75. The number of carbonyl (C=O) groups is 1. The molecule has 35 heavy (non-hydrogen) atoms. The summed E-state index contributed by atoms with van der Waals surface area (Å²) in [5.41, 5.74) is 9.89. The van der Waals surface area contributed by atoms with Crippen molar-refractivity contribution in [2.45, 2.75) is 25.8 Å². The number of nitrogen functional groups attached to an aromatic ring is 1. The first-order valence-corrected chi connectivity index (χ1v) is 12.1. The normalized spacial score (nSPS) is 11.2. The minimum absolute atomic E-state index is 0.0464. The predicted molar refractivity (Wildman–Crippen MR) is 131 cm³/mol. The molecule has 178 valence electrons. The molecule has 0 bridgehead atoms. The van der Waals surface area contributed by atoms with Crippen molar-refractivity contribution < 1.29 is 17.9 Å². The maximum atomic E-state index is 13.1. The molecule has 0 radical (unpaired) electrons. The van der Waals surface area contributed by atoms with Crippen LogP contribution in [0.25, 0.3) is 11.3 Å². The van der Waals surface area contributed by atoms with Gasteiger partial charge < -0.3 is 10.5 Å². The topological polar surface area (TPSA) is 137 Å². The van der Waals surface area contributed by atoms with E-state index in [1.807, 2.05) is 61.9 Å². The number of anilines is 1. The van der Waals surface area contributed by atoms with Crippen molar-refractivity contribution >= 4 is 21.7 Å². The smallest absolute Gasteiger partial charge is 0.285 e. The Labute approximate surface area is 203 Å². The molecule has 0 unspecified atom stereocenters. The fourth-order valence-corrected chi connectivity index (χ4v) is 4.34. The highest BCUT2D eigenvalue weighted by Crippen LogP contribution is 2.30. The molecule has 9 nitrogen and oxygen atoms in total. The van der Waals surface area contributed by atoms with Crippen molar-refractivity contribution in [3.05, 3.63) is 89.2 Å². The maximum absolute atomic E-state index is 13.1. The average molecular weight is 490 g/mol. The van der Waals surface area contributed by atoms with E-state index in [0.717, 1.165) is 22.3 Å². The minimum Gasteiger partial charge on any atom is -0.438 e. The van der Waals surface area contributed by atoms with Crippen LogP contribution in [0.2, 0.25) is 0 Å². The van der Waals surface area contributed by atoms with Gasteiger partial charge in [-0.3, -0.25) is 4.79 Å². The van der Waals surface area contributed by atoms with E-state index in [1.54, 1.807) is 12.1 Å². The summed E-state index contributed by atoms with van der Waals surface area (Å²) in [5.74, 6) is -0.834. The summed E-state index contributed by atoms with van der Waals surface area (Å²) in [5, 5.41) is -0.547. The van der Waals surface area contributed by atoms with E-state index in [2.05, 4.69) is 15.0 Å². The summed E-state index contributed by atoms with van der Waals surface area (Å²) in [6.45, 7) is 5.80. The zero-order valence-corrected chi connectivity index (χ0v) is 20.1. The van der Waals surface area contributed by atoms with E-state index in [9.17, 15) is 13.2 Å². The van der Waals surface area contributed by atoms with Crippen molar-refractivity contribution in [2.75, 3.05) is 5.73 Å². The van der Waals surface area contributed by atoms with Gasteiger partial charge >= 0.3 is 0 Å². The van der Waals surface area contributed by atoms with Gasteiger partial charge in [0.05, 0.1) is 5.69 Å². The molecule has 0 atom stereocenters. The van der Waals surface area contributed by atoms with E-state index < -0.39 is 21.0 Å². The predicted octanol–water partition coefficient (Wildman–Crippen LogP) is 3.96.